The molecule has 0 aliphatic heterocycles. The zero-order chi connectivity index (χ0) is 14.9. The van der Waals surface area contributed by atoms with Crippen LogP contribution in [0, 0.1) is 0 Å². The number of rotatable bonds is 4. The maximum absolute atomic E-state index is 12.7. The van der Waals surface area contributed by atoms with E-state index in [2.05, 4.69) is 4.98 Å². The number of benzene rings is 1. The van der Waals surface area contributed by atoms with Gasteiger partial charge in [-0.3, -0.25) is 0 Å². The number of carbonyl (C=O) groups is 1. The van der Waals surface area contributed by atoms with E-state index < -0.39 is 23.8 Å². The van der Waals surface area contributed by atoms with Crippen LogP contribution in [0.1, 0.15) is 48.0 Å². The molecule has 106 valence electrons. The fraction of sp³-hybridized carbons (Fsp3) is 0.286. The first-order valence-corrected chi connectivity index (χ1v) is 6.02. The molecule has 0 amide bonds. The van der Waals surface area contributed by atoms with Gasteiger partial charge in [0, 0.05) is 5.56 Å². The SMILES string of the molecule is CC(C)c1ccc(-c2nc(C(F)F)c(C(=O)O)o2)cc1. The number of aromatic carboxylic acids is 1. The van der Waals surface area contributed by atoms with E-state index in [9.17, 15) is 13.6 Å². The fourth-order valence-electron chi connectivity index (χ4n) is 1.77. The molecule has 4 nitrogen and oxygen atoms in total. The highest BCUT2D eigenvalue weighted by Crippen LogP contribution is 2.29. The van der Waals surface area contributed by atoms with E-state index in [1.165, 1.54) is 0 Å². The highest BCUT2D eigenvalue weighted by Gasteiger charge is 2.26. The van der Waals surface area contributed by atoms with E-state index in [1.807, 2.05) is 26.0 Å². The van der Waals surface area contributed by atoms with Gasteiger partial charge in [0.25, 0.3) is 6.43 Å². The van der Waals surface area contributed by atoms with Crippen molar-refractivity contribution in [2.24, 2.45) is 0 Å². The van der Waals surface area contributed by atoms with Crippen molar-refractivity contribution in [1.29, 1.82) is 0 Å². The fourth-order valence-corrected chi connectivity index (χ4v) is 1.77. The number of oxazole rings is 1. The summed E-state index contributed by atoms with van der Waals surface area (Å²) in [7, 11) is 0. The third-order valence-electron chi connectivity index (χ3n) is 2.88. The van der Waals surface area contributed by atoms with Gasteiger partial charge in [-0.15, -0.1) is 0 Å². The Hall–Kier alpha value is -2.24. The summed E-state index contributed by atoms with van der Waals surface area (Å²) in [6, 6.07) is 6.99. The molecule has 0 aliphatic carbocycles. The molecular weight excluding hydrogens is 268 g/mol. The van der Waals surface area contributed by atoms with Crippen molar-refractivity contribution in [2.45, 2.75) is 26.2 Å². The van der Waals surface area contributed by atoms with Crippen molar-refractivity contribution in [1.82, 2.24) is 4.98 Å². The Kier molecular flexibility index (Phi) is 3.83. The minimum absolute atomic E-state index is 0.118. The van der Waals surface area contributed by atoms with Gasteiger partial charge in [-0.05, 0) is 23.6 Å². The Morgan fingerprint density at radius 2 is 1.85 bits per heavy atom. The minimum atomic E-state index is -2.99. The Labute approximate surface area is 114 Å². The topological polar surface area (TPSA) is 63.3 Å². The van der Waals surface area contributed by atoms with Crippen LogP contribution in [0.2, 0.25) is 0 Å². The average molecular weight is 281 g/mol. The van der Waals surface area contributed by atoms with Gasteiger partial charge in [-0.1, -0.05) is 26.0 Å². The standard InChI is InChI=1S/C14H13F2NO3/c1-7(2)8-3-5-9(6-4-8)13-17-10(12(15)16)11(20-13)14(18)19/h3-7,12H,1-2H3,(H,18,19). The number of aromatic nitrogens is 1. The maximum Gasteiger partial charge on any atom is 0.374 e. The molecule has 1 N–H and O–H groups in total. The average Bonchev–Trinajstić information content (AvgIpc) is 2.84. The van der Waals surface area contributed by atoms with Gasteiger partial charge in [0.1, 0.15) is 0 Å². The largest absolute Gasteiger partial charge is 0.475 e. The molecule has 0 spiro atoms. The molecule has 0 bridgehead atoms. The van der Waals surface area contributed by atoms with Gasteiger partial charge in [0.2, 0.25) is 11.7 Å². The van der Waals surface area contributed by atoms with Crippen molar-refractivity contribution < 1.29 is 23.1 Å². The molecule has 0 unspecified atom stereocenters. The predicted octanol–water partition coefficient (Wildman–Crippen LogP) is 4.10. The molecule has 1 aromatic carbocycles. The second-order valence-corrected chi connectivity index (χ2v) is 4.62. The number of nitrogens with zero attached hydrogens (tertiary/aromatic N) is 1. The van der Waals surface area contributed by atoms with Crippen LogP contribution in [-0.4, -0.2) is 16.1 Å². The van der Waals surface area contributed by atoms with Gasteiger partial charge in [-0.2, -0.15) is 0 Å². The van der Waals surface area contributed by atoms with E-state index in [-0.39, 0.29) is 5.89 Å². The van der Waals surface area contributed by atoms with Gasteiger partial charge < -0.3 is 9.52 Å². The van der Waals surface area contributed by atoms with Crippen LogP contribution in [0.3, 0.4) is 0 Å². The highest BCUT2D eigenvalue weighted by molar-refractivity contribution is 5.86. The van der Waals surface area contributed by atoms with Crippen LogP contribution < -0.4 is 0 Å². The number of carboxylic acid groups (broad SMARTS) is 1. The lowest BCUT2D eigenvalue weighted by Crippen LogP contribution is -1.99. The quantitative estimate of drug-likeness (QED) is 0.916. The van der Waals surface area contributed by atoms with Gasteiger partial charge in [0.05, 0.1) is 0 Å². The second-order valence-electron chi connectivity index (χ2n) is 4.62. The van der Waals surface area contributed by atoms with Crippen LogP contribution >= 0.6 is 0 Å². The lowest BCUT2D eigenvalue weighted by atomic mass is 10.0. The van der Waals surface area contributed by atoms with Crippen molar-refractivity contribution in [3.8, 4) is 11.5 Å². The summed E-state index contributed by atoms with van der Waals surface area (Å²) in [5.41, 5.74) is 0.692. The molecule has 1 aromatic heterocycles. The zero-order valence-corrected chi connectivity index (χ0v) is 10.9. The van der Waals surface area contributed by atoms with Crippen molar-refractivity contribution in [3.63, 3.8) is 0 Å². The van der Waals surface area contributed by atoms with Crippen LogP contribution in [0.15, 0.2) is 28.7 Å². The molecule has 20 heavy (non-hydrogen) atoms. The highest BCUT2D eigenvalue weighted by atomic mass is 19.3. The third kappa shape index (κ3) is 2.68. The molecule has 2 rings (SSSR count). The number of hydrogen-bond donors (Lipinski definition) is 1. The second kappa shape index (κ2) is 5.40. The number of carboxylic acids is 1. The third-order valence-corrected chi connectivity index (χ3v) is 2.88. The first-order valence-electron chi connectivity index (χ1n) is 6.02. The smallest absolute Gasteiger partial charge is 0.374 e. The number of halogens is 2. The van der Waals surface area contributed by atoms with Crippen molar-refractivity contribution >= 4 is 5.97 Å². The first kappa shape index (κ1) is 14.2. The van der Waals surface area contributed by atoms with Crippen LogP contribution in [0.25, 0.3) is 11.5 Å². The van der Waals surface area contributed by atoms with E-state index >= 15 is 0 Å². The van der Waals surface area contributed by atoms with Crippen LogP contribution in [-0.2, 0) is 0 Å². The summed E-state index contributed by atoms with van der Waals surface area (Å²) in [6.45, 7) is 4.05. The molecule has 2 aromatic rings. The molecule has 0 aliphatic rings. The molecular formula is C14H13F2NO3. The lowest BCUT2D eigenvalue weighted by molar-refractivity contribution is 0.0647. The van der Waals surface area contributed by atoms with Gasteiger partial charge in [-0.25, -0.2) is 18.6 Å². The van der Waals surface area contributed by atoms with Crippen LogP contribution in [0.5, 0.6) is 0 Å². The lowest BCUT2D eigenvalue weighted by Gasteiger charge is -2.04. The first-order chi connectivity index (χ1) is 9.40. The maximum atomic E-state index is 12.7. The van der Waals surface area contributed by atoms with Gasteiger partial charge in [0.15, 0.2) is 5.69 Å². The Morgan fingerprint density at radius 3 is 2.25 bits per heavy atom. The molecule has 0 fully saturated rings. The molecule has 0 saturated carbocycles. The van der Waals surface area contributed by atoms with Crippen molar-refractivity contribution in [3.05, 3.63) is 41.3 Å². The summed E-state index contributed by atoms with van der Waals surface area (Å²) in [5.74, 6) is -2.16. The van der Waals surface area contributed by atoms with Crippen molar-refractivity contribution in [2.75, 3.05) is 0 Å². The summed E-state index contributed by atoms with van der Waals surface area (Å²) in [6.07, 6.45) is -2.99. The molecule has 6 heteroatoms. The summed E-state index contributed by atoms with van der Waals surface area (Å²) < 4.78 is 30.3. The number of hydrogen-bond acceptors (Lipinski definition) is 3. The van der Waals surface area contributed by atoms with E-state index in [1.54, 1.807) is 12.1 Å². The zero-order valence-electron chi connectivity index (χ0n) is 10.9. The van der Waals surface area contributed by atoms with E-state index in [0.717, 1.165) is 5.56 Å². The van der Waals surface area contributed by atoms with E-state index in [4.69, 9.17) is 9.52 Å². The van der Waals surface area contributed by atoms with E-state index in [0.29, 0.717) is 11.5 Å². The Balaban J connectivity index is 2.42. The summed E-state index contributed by atoms with van der Waals surface area (Å²) in [5, 5.41) is 8.82. The molecule has 0 saturated heterocycles. The van der Waals surface area contributed by atoms with Gasteiger partial charge >= 0.3 is 5.97 Å². The Bertz CT molecular complexity index is 618. The minimum Gasteiger partial charge on any atom is -0.475 e. The predicted molar refractivity (Wildman–Crippen MR) is 67.9 cm³/mol. The Morgan fingerprint density at radius 1 is 1.25 bits per heavy atom. The molecule has 0 radical (unpaired) electrons. The number of alkyl halides is 2. The molecule has 1 heterocycles. The monoisotopic (exact) mass is 281 g/mol. The summed E-state index contributed by atoms with van der Waals surface area (Å²) in [4.78, 5) is 14.4. The van der Waals surface area contributed by atoms with Crippen LogP contribution in [0.4, 0.5) is 8.78 Å². The molecule has 0 atom stereocenters. The summed E-state index contributed by atoms with van der Waals surface area (Å²) >= 11 is 0. The normalized spacial score (nSPS) is 11.3.